The molecule has 1 aromatic rings. The van der Waals surface area contributed by atoms with Crippen LogP contribution >= 0.6 is 0 Å². The van der Waals surface area contributed by atoms with Crippen LogP contribution in [0.1, 0.15) is 50.5 Å². The molecule has 3 aliphatic rings. The molecule has 0 N–H and O–H groups in total. The number of carbonyl (C=O) groups excluding carboxylic acids is 1. The topological polar surface area (TPSA) is 42.0 Å². The zero-order valence-corrected chi connectivity index (χ0v) is 16.3. The lowest BCUT2D eigenvalue weighted by molar-refractivity contribution is -0.142. The fourth-order valence-corrected chi connectivity index (χ4v) is 4.14. The molecule has 1 atom stereocenters. The highest BCUT2D eigenvalue weighted by Gasteiger charge is 2.37. The zero-order chi connectivity index (χ0) is 18.5. The Morgan fingerprint density at radius 3 is 2.74 bits per heavy atom. The van der Waals surface area contributed by atoms with Crippen LogP contribution in [0.4, 0.5) is 0 Å². The molecule has 1 saturated carbocycles. The van der Waals surface area contributed by atoms with Crippen molar-refractivity contribution in [3.05, 3.63) is 29.8 Å². The molecule has 1 aromatic carbocycles. The quantitative estimate of drug-likeness (QED) is 0.703. The van der Waals surface area contributed by atoms with Gasteiger partial charge in [0.15, 0.2) is 0 Å². The summed E-state index contributed by atoms with van der Waals surface area (Å²) in [5, 5.41) is 0. The minimum absolute atomic E-state index is 0.173. The molecule has 1 unspecified atom stereocenters. The third kappa shape index (κ3) is 5.23. The zero-order valence-electron chi connectivity index (χ0n) is 16.3. The lowest BCUT2D eigenvalue weighted by Gasteiger charge is -2.26. The number of hydrogen-bond donors (Lipinski definition) is 0. The fraction of sp³-hybridized carbons (Fsp3) is 0.682. The first-order chi connectivity index (χ1) is 13.3. The predicted molar refractivity (Wildman–Crippen MR) is 105 cm³/mol. The maximum atomic E-state index is 12.8. The van der Waals surface area contributed by atoms with Crippen molar-refractivity contribution in [2.45, 2.75) is 63.6 Å². The van der Waals surface area contributed by atoms with E-state index < -0.39 is 0 Å². The summed E-state index contributed by atoms with van der Waals surface area (Å²) in [5.41, 5.74) is 1.14. The SMILES string of the molecule is O=C(C1CCCO1)N(Cc1cccc(OCCN2CCCCC2)c1)C1CC1. The predicted octanol–water partition coefficient (Wildman–Crippen LogP) is 3.22. The number of likely N-dealkylation sites (tertiary alicyclic amines) is 1. The molecular weight excluding hydrogens is 340 g/mol. The van der Waals surface area contributed by atoms with E-state index in [1.165, 1.54) is 32.4 Å². The molecule has 2 saturated heterocycles. The lowest BCUT2D eigenvalue weighted by atomic mass is 10.1. The van der Waals surface area contributed by atoms with Gasteiger partial charge in [0.05, 0.1) is 0 Å². The van der Waals surface area contributed by atoms with E-state index in [4.69, 9.17) is 9.47 Å². The first kappa shape index (κ1) is 18.8. The molecule has 2 heterocycles. The Labute approximate surface area is 162 Å². The van der Waals surface area contributed by atoms with E-state index in [0.29, 0.717) is 12.6 Å². The molecule has 3 fully saturated rings. The standard InChI is InChI=1S/C22H32N2O3/c25-22(21-8-5-14-27-21)24(19-9-10-19)17-18-6-4-7-20(16-18)26-15-13-23-11-2-1-3-12-23/h4,6-7,16,19,21H,1-3,5,8-15,17H2. The first-order valence-electron chi connectivity index (χ1n) is 10.7. The number of ether oxygens (including phenoxy) is 2. The van der Waals surface area contributed by atoms with E-state index >= 15 is 0 Å². The van der Waals surface area contributed by atoms with Gasteiger partial charge in [0.25, 0.3) is 5.91 Å². The Bertz CT molecular complexity index is 620. The van der Waals surface area contributed by atoms with Crippen LogP contribution in [0, 0.1) is 0 Å². The highest BCUT2D eigenvalue weighted by Crippen LogP contribution is 2.31. The average molecular weight is 373 g/mol. The molecule has 0 radical (unpaired) electrons. The largest absolute Gasteiger partial charge is 0.492 e. The highest BCUT2D eigenvalue weighted by molar-refractivity contribution is 5.81. The summed E-state index contributed by atoms with van der Waals surface area (Å²) in [5.74, 6) is 1.08. The summed E-state index contributed by atoms with van der Waals surface area (Å²) in [6.45, 7) is 5.50. The van der Waals surface area contributed by atoms with Gasteiger partial charge in [0, 0.05) is 25.7 Å². The van der Waals surface area contributed by atoms with E-state index in [1.807, 2.05) is 17.0 Å². The van der Waals surface area contributed by atoms with E-state index in [1.54, 1.807) is 0 Å². The van der Waals surface area contributed by atoms with Gasteiger partial charge < -0.3 is 14.4 Å². The number of hydrogen-bond acceptors (Lipinski definition) is 4. The van der Waals surface area contributed by atoms with Crippen LogP contribution in [0.25, 0.3) is 0 Å². The van der Waals surface area contributed by atoms with E-state index in [-0.39, 0.29) is 12.0 Å². The molecule has 5 nitrogen and oxygen atoms in total. The molecule has 4 rings (SSSR count). The van der Waals surface area contributed by atoms with E-state index in [2.05, 4.69) is 17.0 Å². The fourth-order valence-electron chi connectivity index (χ4n) is 4.14. The molecule has 1 amide bonds. The molecule has 148 valence electrons. The van der Waals surface area contributed by atoms with Crippen LogP contribution in [0.15, 0.2) is 24.3 Å². The Morgan fingerprint density at radius 2 is 2.00 bits per heavy atom. The first-order valence-corrected chi connectivity index (χ1v) is 10.7. The minimum atomic E-state index is -0.227. The highest BCUT2D eigenvalue weighted by atomic mass is 16.5. The Hall–Kier alpha value is -1.59. The van der Waals surface area contributed by atoms with Gasteiger partial charge in [-0.05, 0) is 69.3 Å². The van der Waals surface area contributed by atoms with Gasteiger partial charge in [-0.15, -0.1) is 0 Å². The van der Waals surface area contributed by atoms with Crippen molar-refractivity contribution in [3.63, 3.8) is 0 Å². The van der Waals surface area contributed by atoms with E-state index in [9.17, 15) is 4.79 Å². The molecule has 0 spiro atoms. The third-order valence-electron chi connectivity index (χ3n) is 5.85. The summed E-state index contributed by atoms with van der Waals surface area (Å²) >= 11 is 0. The van der Waals surface area contributed by atoms with E-state index in [0.717, 1.165) is 56.8 Å². The van der Waals surface area contributed by atoms with Gasteiger partial charge >= 0.3 is 0 Å². The Balaban J connectivity index is 1.31. The van der Waals surface area contributed by atoms with Gasteiger partial charge in [-0.1, -0.05) is 18.6 Å². The summed E-state index contributed by atoms with van der Waals surface area (Å²) in [7, 11) is 0. The smallest absolute Gasteiger partial charge is 0.252 e. The minimum Gasteiger partial charge on any atom is -0.492 e. The van der Waals surface area contributed by atoms with Crippen molar-refractivity contribution in [3.8, 4) is 5.75 Å². The van der Waals surface area contributed by atoms with Crippen LogP contribution in [0.2, 0.25) is 0 Å². The van der Waals surface area contributed by atoms with Crippen LogP contribution in [-0.4, -0.2) is 60.7 Å². The van der Waals surface area contributed by atoms with Crippen LogP contribution < -0.4 is 4.74 Å². The van der Waals surface area contributed by atoms with Crippen molar-refractivity contribution < 1.29 is 14.3 Å². The van der Waals surface area contributed by atoms with Crippen LogP contribution in [-0.2, 0) is 16.1 Å². The lowest BCUT2D eigenvalue weighted by Crippen LogP contribution is -2.39. The summed E-state index contributed by atoms with van der Waals surface area (Å²) in [6, 6.07) is 8.63. The molecule has 27 heavy (non-hydrogen) atoms. The summed E-state index contributed by atoms with van der Waals surface area (Å²) < 4.78 is 11.6. The second-order valence-electron chi connectivity index (χ2n) is 8.10. The maximum Gasteiger partial charge on any atom is 0.252 e. The molecule has 5 heteroatoms. The number of piperidine rings is 1. The normalized spacial score (nSPS) is 23.3. The number of nitrogens with zero attached hydrogens (tertiary/aromatic N) is 2. The van der Waals surface area contributed by atoms with Crippen molar-refractivity contribution in [1.82, 2.24) is 9.80 Å². The molecule has 0 bridgehead atoms. The monoisotopic (exact) mass is 372 g/mol. The Morgan fingerprint density at radius 1 is 1.15 bits per heavy atom. The summed E-state index contributed by atoms with van der Waals surface area (Å²) in [4.78, 5) is 17.3. The van der Waals surface area contributed by atoms with Gasteiger partial charge in [-0.3, -0.25) is 9.69 Å². The molecule has 0 aromatic heterocycles. The second-order valence-corrected chi connectivity index (χ2v) is 8.10. The molecule has 2 aliphatic heterocycles. The summed E-state index contributed by atoms with van der Waals surface area (Å²) in [6.07, 6.45) is 7.85. The molecular formula is C22H32N2O3. The number of amides is 1. The Kier molecular flexibility index (Phi) is 6.30. The maximum absolute atomic E-state index is 12.8. The van der Waals surface area contributed by atoms with Crippen molar-refractivity contribution in [1.29, 1.82) is 0 Å². The second kappa shape index (κ2) is 9.07. The third-order valence-corrected chi connectivity index (χ3v) is 5.85. The van der Waals surface area contributed by atoms with Gasteiger partial charge in [-0.25, -0.2) is 0 Å². The van der Waals surface area contributed by atoms with Crippen LogP contribution in [0.3, 0.4) is 0 Å². The number of rotatable bonds is 8. The average Bonchev–Trinajstić information content (AvgIpc) is 3.39. The van der Waals surface area contributed by atoms with Crippen molar-refractivity contribution >= 4 is 5.91 Å². The number of carbonyl (C=O) groups is 1. The van der Waals surface area contributed by atoms with Crippen molar-refractivity contribution in [2.75, 3.05) is 32.8 Å². The van der Waals surface area contributed by atoms with Crippen molar-refractivity contribution in [2.24, 2.45) is 0 Å². The molecule has 1 aliphatic carbocycles. The van der Waals surface area contributed by atoms with Crippen LogP contribution in [0.5, 0.6) is 5.75 Å². The number of benzene rings is 1. The van der Waals surface area contributed by atoms with Gasteiger partial charge in [-0.2, -0.15) is 0 Å². The van der Waals surface area contributed by atoms with Gasteiger partial charge in [0.2, 0.25) is 0 Å². The van der Waals surface area contributed by atoms with Gasteiger partial charge in [0.1, 0.15) is 18.5 Å².